The molecule has 0 aromatic rings. The van der Waals surface area contributed by atoms with Crippen LogP contribution >= 0.6 is 0 Å². The van der Waals surface area contributed by atoms with E-state index in [0.717, 1.165) is 31.6 Å². The van der Waals surface area contributed by atoms with Gasteiger partial charge in [-0.15, -0.1) is 0 Å². The van der Waals surface area contributed by atoms with Crippen molar-refractivity contribution in [2.75, 3.05) is 13.2 Å². The monoisotopic (exact) mass is 257 g/mol. The first-order valence-corrected chi connectivity index (χ1v) is 7.05. The number of aliphatic hydroxyl groups is 1. The Morgan fingerprint density at radius 1 is 1.50 bits per heavy atom. The highest BCUT2D eigenvalue weighted by Gasteiger charge is 2.34. The summed E-state index contributed by atoms with van der Waals surface area (Å²) in [5, 5.41) is 13.1. The Morgan fingerprint density at radius 2 is 2.11 bits per heavy atom. The Morgan fingerprint density at radius 3 is 2.61 bits per heavy atom. The Balaban J connectivity index is 2.44. The molecule has 0 aliphatic heterocycles. The Hall–Kier alpha value is -0.610. The molecule has 2 N–H and O–H groups in total. The predicted molar refractivity (Wildman–Crippen MR) is 71.3 cm³/mol. The van der Waals surface area contributed by atoms with Crippen molar-refractivity contribution in [2.24, 2.45) is 5.92 Å². The van der Waals surface area contributed by atoms with Crippen molar-refractivity contribution in [1.82, 2.24) is 5.32 Å². The third-order valence-electron chi connectivity index (χ3n) is 3.86. The SMILES string of the molecule is CCOC(=O)CC(C)NC1(CO)CCC(C)CC1. The summed E-state index contributed by atoms with van der Waals surface area (Å²) in [4.78, 5) is 11.4. The molecule has 106 valence electrons. The smallest absolute Gasteiger partial charge is 0.307 e. The minimum atomic E-state index is -0.196. The van der Waals surface area contributed by atoms with Crippen molar-refractivity contribution in [1.29, 1.82) is 0 Å². The van der Waals surface area contributed by atoms with Crippen LogP contribution in [0.1, 0.15) is 52.9 Å². The number of esters is 1. The van der Waals surface area contributed by atoms with Gasteiger partial charge in [0.15, 0.2) is 0 Å². The highest BCUT2D eigenvalue weighted by molar-refractivity contribution is 5.70. The van der Waals surface area contributed by atoms with Crippen LogP contribution in [0, 0.1) is 5.92 Å². The van der Waals surface area contributed by atoms with Crippen LogP contribution in [0.5, 0.6) is 0 Å². The van der Waals surface area contributed by atoms with Gasteiger partial charge in [0.2, 0.25) is 0 Å². The number of ether oxygens (including phenoxy) is 1. The highest BCUT2D eigenvalue weighted by atomic mass is 16.5. The Kier molecular flexibility index (Phi) is 6.09. The minimum Gasteiger partial charge on any atom is -0.466 e. The zero-order valence-electron chi connectivity index (χ0n) is 11.9. The van der Waals surface area contributed by atoms with Gasteiger partial charge in [0.05, 0.1) is 19.6 Å². The summed E-state index contributed by atoms with van der Waals surface area (Å²) in [6, 6.07) is 0.0459. The van der Waals surface area contributed by atoms with E-state index in [-0.39, 0.29) is 24.2 Å². The summed E-state index contributed by atoms with van der Waals surface area (Å²) in [5.74, 6) is 0.571. The molecule has 0 saturated heterocycles. The van der Waals surface area contributed by atoms with Crippen LogP contribution in [0.2, 0.25) is 0 Å². The topological polar surface area (TPSA) is 58.6 Å². The van der Waals surface area contributed by atoms with Gasteiger partial charge in [-0.05, 0) is 45.4 Å². The molecule has 1 aliphatic carbocycles. The fourth-order valence-corrected chi connectivity index (χ4v) is 2.71. The number of aliphatic hydroxyl groups excluding tert-OH is 1. The van der Waals surface area contributed by atoms with Crippen LogP contribution in [0.15, 0.2) is 0 Å². The van der Waals surface area contributed by atoms with E-state index in [9.17, 15) is 9.90 Å². The molecule has 1 rings (SSSR count). The van der Waals surface area contributed by atoms with Crippen LogP contribution < -0.4 is 5.32 Å². The first kappa shape index (κ1) is 15.4. The second-order valence-electron chi connectivity index (χ2n) is 5.68. The van der Waals surface area contributed by atoms with E-state index in [1.165, 1.54) is 0 Å². The van der Waals surface area contributed by atoms with Crippen molar-refractivity contribution in [3.05, 3.63) is 0 Å². The van der Waals surface area contributed by atoms with E-state index in [1.54, 1.807) is 0 Å². The van der Waals surface area contributed by atoms with E-state index < -0.39 is 0 Å². The van der Waals surface area contributed by atoms with Gasteiger partial charge in [0.25, 0.3) is 0 Å². The van der Waals surface area contributed by atoms with Crippen molar-refractivity contribution in [3.8, 4) is 0 Å². The van der Waals surface area contributed by atoms with Crippen molar-refractivity contribution >= 4 is 5.97 Å². The minimum absolute atomic E-state index is 0.0459. The third kappa shape index (κ3) is 4.58. The molecule has 0 amide bonds. The highest BCUT2D eigenvalue weighted by Crippen LogP contribution is 2.32. The van der Waals surface area contributed by atoms with Gasteiger partial charge in [0.1, 0.15) is 0 Å². The molecule has 0 aromatic heterocycles. The molecule has 0 spiro atoms. The van der Waals surface area contributed by atoms with Gasteiger partial charge in [-0.1, -0.05) is 6.92 Å². The summed E-state index contributed by atoms with van der Waals surface area (Å²) >= 11 is 0. The molecule has 0 radical (unpaired) electrons. The zero-order chi connectivity index (χ0) is 13.6. The summed E-state index contributed by atoms with van der Waals surface area (Å²) < 4.78 is 4.94. The van der Waals surface area contributed by atoms with Crippen LogP contribution in [0.4, 0.5) is 0 Å². The Labute approximate surface area is 110 Å². The molecule has 4 heteroatoms. The normalized spacial score (nSPS) is 29.9. The lowest BCUT2D eigenvalue weighted by Crippen LogP contribution is -2.54. The summed E-state index contributed by atoms with van der Waals surface area (Å²) in [5.41, 5.74) is -0.196. The molecule has 18 heavy (non-hydrogen) atoms. The summed E-state index contributed by atoms with van der Waals surface area (Å²) in [6.45, 7) is 6.62. The largest absolute Gasteiger partial charge is 0.466 e. The van der Waals surface area contributed by atoms with Crippen LogP contribution in [0.3, 0.4) is 0 Å². The quantitative estimate of drug-likeness (QED) is 0.713. The number of carbonyl (C=O) groups is 1. The molecule has 1 atom stereocenters. The number of rotatable bonds is 6. The van der Waals surface area contributed by atoms with Gasteiger partial charge in [-0.25, -0.2) is 0 Å². The summed E-state index contributed by atoms with van der Waals surface area (Å²) in [6.07, 6.45) is 4.61. The molecular formula is C14H27NO3. The molecule has 0 bridgehead atoms. The number of nitrogens with one attached hydrogen (secondary N) is 1. The number of hydrogen-bond acceptors (Lipinski definition) is 4. The van der Waals surface area contributed by atoms with Crippen LogP contribution in [0.25, 0.3) is 0 Å². The lowest BCUT2D eigenvalue weighted by Gasteiger charge is -2.40. The third-order valence-corrected chi connectivity index (χ3v) is 3.86. The standard InChI is InChI=1S/C14H27NO3/c1-4-18-13(17)9-12(3)15-14(10-16)7-5-11(2)6-8-14/h11-12,15-16H,4-10H2,1-3H3. The maximum atomic E-state index is 11.4. The van der Waals surface area contributed by atoms with Crippen molar-refractivity contribution in [2.45, 2.75) is 64.5 Å². The number of hydrogen-bond donors (Lipinski definition) is 2. The van der Waals surface area contributed by atoms with Gasteiger partial charge in [-0.3, -0.25) is 4.79 Å². The maximum absolute atomic E-state index is 11.4. The predicted octanol–water partition coefficient (Wildman–Crippen LogP) is 1.86. The van der Waals surface area contributed by atoms with Gasteiger partial charge < -0.3 is 15.2 Å². The first-order chi connectivity index (χ1) is 8.51. The zero-order valence-corrected chi connectivity index (χ0v) is 11.9. The van der Waals surface area contributed by atoms with E-state index in [2.05, 4.69) is 12.2 Å². The fraction of sp³-hybridized carbons (Fsp3) is 0.929. The lowest BCUT2D eigenvalue weighted by molar-refractivity contribution is -0.143. The first-order valence-electron chi connectivity index (χ1n) is 7.05. The molecule has 0 aromatic carbocycles. The second kappa shape index (κ2) is 7.10. The van der Waals surface area contributed by atoms with Gasteiger partial charge >= 0.3 is 5.97 Å². The van der Waals surface area contributed by atoms with Crippen molar-refractivity contribution < 1.29 is 14.6 Å². The molecule has 1 aliphatic rings. The van der Waals surface area contributed by atoms with Crippen molar-refractivity contribution in [3.63, 3.8) is 0 Å². The maximum Gasteiger partial charge on any atom is 0.307 e. The number of carbonyl (C=O) groups excluding carboxylic acids is 1. The lowest BCUT2D eigenvalue weighted by atomic mass is 9.77. The van der Waals surface area contributed by atoms with E-state index in [1.807, 2.05) is 13.8 Å². The molecule has 0 heterocycles. The van der Waals surface area contributed by atoms with Crippen LogP contribution in [-0.2, 0) is 9.53 Å². The van der Waals surface area contributed by atoms with Gasteiger partial charge in [0, 0.05) is 11.6 Å². The van der Waals surface area contributed by atoms with E-state index in [0.29, 0.717) is 13.0 Å². The molecule has 1 saturated carbocycles. The average Bonchev–Trinajstić information content (AvgIpc) is 2.32. The second-order valence-corrected chi connectivity index (χ2v) is 5.68. The summed E-state index contributed by atoms with van der Waals surface area (Å²) in [7, 11) is 0. The van der Waals surface area contributed by atoms with E-state index >= 15 is 0 Å². The molecular weight excluding hydrogens is 230 g/mol. The molecule has 4 nitrogen and oxygen atoms in total. The molecule has 1 unspecified atom stereocenters. The molecule has 1 fully saturated rings. The average molecular weight is 257 g/mol. The van der Waals surface area contributed by atoms with Gasteiger partial charge in [-0.2, -0.15) is 0 Å². The van der Waals surface area contributed by atoms with Crippen LogP contribution in [-0.4, -0.2) is 35.9 Å². The fourth-order valence-electron chi connectivity index (χ4n) is 2.71. The Bertz CT molecular complexity index is 260. The van der Waals surface area contributed by atoms with E-state index in [4.69, 9.17) is 4.74 Å².